The van der Waals surface area contributed by atoms with Gasteiger partial charge in [-0.15, -0.1) is 0 Å². The van der Waals surface area contributed by atoms with Crippen molar-refractivity contribution < 1.29 is 4.74 Å². The van der Waals surface area contributed by atoms with Gasteiger partial charge >= 0.3 is 0 Å². The minimum absolute atomic E-state index is 0.331. The zero-order valence-electron chi connectivity index (χ0n) is 12.2. The van der Waals surface area contributed by atoms with E-state index in [4.69, 9.17) is 4.74 Å². The quantitative estimate of drug-likeness (QED) is 0.757. The fraction of sp³-hybridized carbons (Fsp3) is 0.625. The van der Waals surface area contributed by atoms with Crippen LogP contribution in [0.3, 0.4) is 0 Å². The normalized spacial score (nSPS) is 12.9. The summed E-state index contributed by atoms with van der Waals surface area (Å²) in [5.41, 5.74) is 2.64. The predicted octanol–water partition coefficient (Wildman–Crippen LogP) is 3.75. The van der Waals surface area contributed by atoms with Crippen molar-refractivity contribution in [3.63, 3.8) is 0 Å². The molecule has 1 aromatic rings. The molecule has 0 spiro atoms. The molecule has 0 saturated carbocycles. The smallest absolute Gasteiger partial charge is 0.0723 e. The number of ether oxygens (including phenoxy) is 1. The molecule has 0 bridgehead atoms. The molecular weight excluding hydrogens is 222 g/mol. The van der Waals surface area contributed by atoms with Crippen LogP contribution in [-0.4, -0.2) is 12.6 Å². The van der Waals surface area contributed by atoms with Gasteiger partial charge < -0.3 is 10.1 Å². The van der Waals surface area contributed by atoms with Crippen LogP contribution < -0.4 is 5.32 Å². The second-order valence-electron chi connectivity index (χ2n) is 5.30. The van der Waals surface area contributed by atoms with Gasteiger partial charge in [-0.25, -0.2) is 0 Å². The Morgan fingerprint density at radius 2 is 1.78 bits per heavy atom. The van der Waals surface area contributed by atoms with Gasteiger partial charge in [-0.2, -0.15) is 0 Å². The van der Waals surface area contributed by atoms with Crippen LogP contribution in [0.2, 0.25) is 0 Å². The molecule has 1 atom stereocenters. The highest BCUT2D eigenvalue weighted by Crippen LogP contribution is 2.14. The number of hydrogen-bond donors (Lipinski definition) is 1. The second-order valence-corrected chi connectivity index (χ2v) is 5.30. The van der Waals surface area contributed by atoms with E-state index >= 15 is 0 Å². The third kappa shape index (κ3) is 5.65. The Bertz CT molecular complexity index is 336. The van der Waals surface area contributed by atoms with Crippen LogP contribution in [0.1, 0.15) is 45.2 Å². The van der Waals surface area contributed by atoms with Gasteiger partial charge in [0.1, 0.15) is 0 Å². The van der Waals surface area contributed by atoms with Crippen LogP contribution in [0.15, 0.2) is 24.3 Å². The van der Waals surface area contributed by atoms with E-state index in [-0.39, 0.29) is 0 Å². The maximum Gasteiger partial charge on any atom is 0.0723 e. The Labute approximate surface area is 112 Å². The molecular formula is C16H27NO. The van der Waals surface area contributed by atoms with Crippen molar-refractivity contribution in [2.75, 3.05) is 6.54 Å². The maximum absolute atomic E-state index is 5.93. The Balaban J connectivity index is 2.50. The summed E-state index contributed by atoms with van der Waals surface area (Å²) in [6.07, 6.45) is 1.45. The summed E-state index contributed by atoms with van der Waals surface area (Å²) < 4.78 is 5.93. The zero-order chi connectivity index (χ0) is 13.4. The summed E-state index contributed by atoms with van der Waals surface area (Å²) >= 11 is 0. The van der Waals surface area contributed by atoms with E-state index in [2.05, 4.69) is 57.3 Å². The van der Waals surface area contributed by atoms with Gasteiger partial charge in [0.05, 0.1) is 12.7 Å². The molecule has 1 rings (SSSR count). The molecule has 0 aliphatic carbocycles. The minimum atomic E-state index is 0.331. The number of rotatable bonds is 8. The highest BCUT2D eigenvalue weighted by Gasteiger charge is 2.07. The van der Waals surface area contributed by atoms with Crippen molar-refractivity contribution in [1.29, 1.82) is 0 Å². The second kappa shape index (κ2) is 8.28. The third-order valence-corrected chi connectivity index (χ3v) is 3.01. The lowest BCUT2D eigenvalue weighted by Crippen LogP contribution is -2.15. The molecule has 0 aliphatic rings. The van der Waals surface area contributed by atoms with Crippen LogP contribution in [0.5, 0.6) is 0 Å². The molecule has 102 valence electrons. The maximum atomic E-state index is 5.93. The Morgan fingerprint density at radius 1 is 1.11 bits per heavy atom. The molecule has 0 heterocycles. The average Bonchev–Trinajstić information content (AvgIpc) is 2.34. The number of hydrogen-bond acceptors (Lipinski definition) is 2. The highest BCUT2D eigenvalue weighted by atomic mass is 16.5. The fourth-order valence-corrected chi connectivity index (χ4v) is 2.09. The molecule has 1 N–H and O–H groups in total. The van der Waals surface area contributed by atoms with E-state index in [9.17, 15) is 0 Å². The van der Waals surface area contributed by atoms with Gasteiger partial charge in [-0.1, -0.05) is 45.0 Å². The Morgan fingerprint density at radius 3 is 2.39 bits per heavy atom. The molecule has 0 aromatic heterocycles. The highest BCUT2D eigenvalue weighted by molar-refractivity contribution is 5.26. The first-order chi connectivity index (χ1) is 8.63. The molecule has 0 saturated heterocycles. The van der Waals surface area contributed by atoms with E-state index in [1.165, 1.54) is 11.1 Å². The molecule has 2 heteroatoms. The van der Waals surface area contributed by atoms with E-state index in [0.29, 0.717) is 12.0 Å². The zero-order valence-corrected chi connectivity index (χ0v) is 12.2. The summed E-state index contributed by atoms with van der Waals surface area (Å²) in [5.74, 6) is 0.692. The predicted molar refractivity (Wildman–Crippen MR) is 77.5 cm³/mol. The molecule has 1 unspecified atom stereocenters. The van der Waals surface area contributed by atoms with Crippen molar-refractivity contribution >= 4 is 0 Å². The van der Waals surface area contributed by atoms with Crippen LogP contribution >= 0.6 is 0 Å². The van der Waals surface area contributed by atoms with Gasteiger partial charge in [0.15, 0.2) is 0 Å². The summed E-state index contributed by atoms with van der Waals surface area (Å²) in [4.78, 5) is 0. The van der Waals surface area contributed by atoms with Gasteiger partial charge in [-0.3, -0.25) is 0 Å². The van der Waals surface area contributed by atoms with Crippen LogP contribution in [0, 0.1) is 5.92 Å². The van der Waals surface area contributed by atoms with Crippen LogP contribution in [0.25, 0.3) is 0 Å². The third-order valence-electron chi connectivity index (χ3n) is 3.01. The summed E-state index contributed by atoms with van der Waals surface area (Å²) in [5, 5.41) is 3.37. The standard InChI is InChI=1S/C16H27NO/c1-5-17-11-15-8-6-7-9-16(15)12-18-14(4)10-13(2)3/h6-9,13-14,17H,5,10-12H2,1-4H3. The minimum Gasteiger partial charge on any atom is -0.374 e. The van der Waals surface area contributed by atoms with Crippen molar-refractivity contribution in [3.05, 3.63) is 35.4 Å². The number of nitrogens with one attached hydrogen (secondary N) is 1. The Hall–Kier alpha value is -0.860. The molecule has 18 heavy (non-hydrogen) atoms. The summed E-state index contributed by atoms with van der Waals surface area (Å²) in [6.45, 7) is 11.4. The van der Waals surface area contributed by atoms with Gasteiger partial charge in [-0.05, 0) is 36.9 Å². The van der Waals surface area contributed by atoms with E-state index in [1.54, 1.807) is 0 Å². The lowest BCUT2D eigenvalue weighted by atomic mass is 10.1. The van der Waals surface area contributed by atoms with Crippen LogP contribution in [0.4, 0.5) is 0 Å². The SMILES string of the molecule is CCNCc1ccccc1COC(C)CC(C)C. The monoisotopic (exact) mass is 249 g/mol. The Kier molecular flexibility index (Phi) is 6.99. The van der Waals surface area contributed by atoms with Crippen molar-refractivity contribution in [1.82, 2.24) is 5.32 Å². The molecule has 0 aliphatic heterocycles. The molecule has 2 nitrogen and oxygen atoms in total. The van der Waals surface area contributed by atoms with Gasteiger partial charge in [0, 0.05) is 6.54 Å². The summed E-state index contributed by atoms with van der Waals surface area (Å²) in [6, 6.07) is 8.51. The fourth-order valence-electron chi connectivity index (χ4n) is 2.09. The first-order valence-corrected chi connectivity index (χ1v) is 7.02. The van der Waals surface area contributed by atoms with E-state index in [1.807, 2.05) is 0 Å². The lowest BCUT2D eigenvalue weighted by Gasteiger charge is -2.17. The topological polar surface area (TPSA) is 21.3 Å². The molecule has 0 radical (unpaired) electrons. The lowest BCUT2D eigenvalue weighted by molar-refractivity contribution is 0.0393. The first-order valence-electron chi connectivity index (χ1n) is 7.02. The van der Waals surface area contributed by atoms with Crippen molar-refractivity contribution in [2.24, 2.45) is 5.92 Å². The first kappa shape index (κ1) is 15.2. The molecule has 1 aromatic carbocycles. The molecule has 0 amide bonds. The van der Waals surface area contributed by atoms with E-state index in [0.717, 1.165) is 26.1 Å². The van der Waals surface area contributed by atoms with Crippen LogP contribution in [-0.2, 0) is 17.9 Å². The van der Waals surface area contributed by atoms with Gasteiger partial charge in [0.25, 0.3) is 0 Å². The molecule has 0 fully saturated rings. The van der Waals surface area contributed by atoms with Crippen molar-refractivity contribution in [3.8, 4) is 0 Å². The van der Waals surface area contributed by atoms with Gasteiger partial charge in [0.2, 0.25) is 0 Å². The summed E-state index contributed by atoms with van der Waals surface area (Å²) in [7, 11) is 0. The largest absolute Gasteiger partial charge is 0.374 e. The van der Waals surface area contributed by atoms with Crippen molar-refractivity contribution in [2.45, 2.75) is 53.4 Å². The van der Waals surface area contributed by atoms with E-state index < -0.39 is 0 Å². The average molecular weight is 249 g/mol. The number of benzene rings is 1.